The van der Waals surface area contributed by atoms with Crippen molar-refractivity contribution in [3.63, 3.8) is 0 Å². The van der Waals surface area contributed by atoms with Gasteiger partial charge in [0.2, 0.25) is 0 Å². The third kappa shape index (κ3) is 2.65. The lowest BCUT2D eigenvalue weighted by Gasteiger charge is -2.07. The van der Waals surface area contributed by atoms with Crippen LogP contribution in [0.3, 0.4) is 0 Å². The average molecular weight is 251 g/mol. The summed E-state index contributed by atoms with van der Waals surface area (Å²) >= 11 is 0. The van der Waals surface area contributed by atoms with Gasteiger partial charge in [-0.05, 0) is 47.6 Å². The molecular formula is C18H21N. The van der Waals surface area contributed by atoms with E-state index in [0.717, 1.165) is 13.0 Å². The summed E-state index contributed by atoms with van der Waals surface area (Å²) in [4.78, 5) is 0. The van der Waals surface area contributed by atoms with E-state index in [1.807, 2.05) is 0 Å². The Morgan fingerprint density at radius 3 is 2.58 bits per heavy atom. The molecule has 2 aromatic carbocycles. The second kappa shape index (κ2) is 5.48. The second-order valence-electron chi connectivity index (χ2n) is 5.35. The molecule has 0 aliphatic carbocycles. The Labute approximate surface area is 115 Å². The number of hydrogen-bond acceptors (Lipinski definition) is 1. The molecule has 3 rings (SSSR count). The number of anilines is 1. The van der Waals surface area contributed by atoms with Gasteiger partial charge in [0.05, 0.1) is 0 Å². The molecule has 0 saturated heterocycles. The zero-order valence-electron chi connectivity index (χ0n) is 11.6. The Kier molecular flexibility index (Phi) is 3.54. The van der Waals surface area contributed by atoms with Crippen molar-refractivity contribution in [2.24, 2.45) is 0 Å². The van der Waals surface area contributed by atoms with Crippen molar-refractivity contribution in [3.05, 3.63) is 53.6 Å². The van der Waals surface area contributed by atoms with E-state index in [2.05, 4.69) is 54.7 Å². The van der Waals surface area contributed by atoms with Gasteiger partial charge in [-0.15, -0.1) is 0 Å². The fourth-order valence-electron chi connectivity index (χ4n) is 2.72. The maximum Gasteiger partial charge on any atom is 0.0379 e. The van der Waals surface area contributed by atoms with E-state index in [1.54, 1.807) is 0 Å². The Balaban J connectivity index is 1.82. The molecule has 19 heavy (non-hydrogen) atoms. The summed E-state index contributed by atoms with van der Waals surface area (Å²) in [5, 5.41) is 3.45. The Bertz CT molecular complexity index is 554. The lowest BCUT2D eigenvalue weighted by molar-refractivity contribution is 0.795. The van der Waals surface area contributed by atoms with Crippen molar-refractivity contribution in [1.29, 1.82) is 0 Å². The molecule has 1 aliphatic rings. The van der Waals surface area contributed by atoms with Crippen molar-refractivity contribution in [3.8, 4) is 11.1 Å². The van der Waals surface area contributed by atoms with E-state index in [1.165, 1.54) is 47.2 Å². The number of fused-ring (bicyclic) bond motifs is 1. The van der Waals surface area contributed by atoms with Gasteiger partial charge in [-0.2, -0.15) is 0 Å². The summed E-state index contributed by atoms with van der Waals surface area (Å²) in [5.41, 5.74) is 6.84. The molecule has 0 spiro atoms. The third-order valence-corrected chi connectivity index (χ3v) is 3.93. The Morgan fingerprint density at radius 1 is 1.00 bits per heavy atom. The first-order valence-electron chi connectivity index (χ1n) is 7.33. The van der Waals surface area contributed by atoms with E-state index >= 15 is 0 Å². The number of rotatable bonds is 4. The van der Waals surface area contributed by atoms with Gasteiger partial charge in [-0.1, -0.05) is 49.7 Å². The van der Waals surface area contributed by atoms with Gasteiger partial charge in [-0.25, -0.2) is 0 Å². The normalized spacial score (nSPS) is 13.1. The summed E-state index contributed by atoms with van der Waals surface area (Å²) in [6.07, 6.45) is 4.90. The zero-order valence-corrected chi connectivity index (χ0v) is 11.6. The van der Waals surface area contributed by atoms with Crippen molar-refractivity contribution in [1.82, 2.24) is 0 Å². The van der Waals surface area contributed by atoms with E-state index < -0.39 is 0 Å². The largest absolute Gasteiger partial charge is 0.384 e. The van der Waals surface area contributed by atoms with Crippen LogP contribution >= 0.6 is 0 Å². The van der Waals surface area contributed by atoms with Crippen molar-refractivity contribution in [2.45, 2.75) is 32.6 Å². The second-order valence-corrected chi connectivity index (χ2v) is 5.35. The molecule has 1 N–H and O–H groups in total. The molecule has 0 atom stereocenters. The van der Waals surface area contributed by atoms with Gasteiger partial charge < -0.3 is 5.32 Å². The third-order valence-electron chi connectivity index (χ3n) is 3.93. The topological polar surface area (TPSA) is 12.0 Å². The van der Waals surface area contributed by atoms with Crippen LogP contribution in [-0.2, 0) is 12.8 Å². The van der Waals surface area contributed by atoms with Crippen LogP contribution in [-0.4, -0.2) is 6.54 Å². The fraction of sp³-hybridized carbons (Fsp3) is 0.333. The van der Waals surface area contributed by atoms with Crippen LogP contribution < -0.4 is 5.32 Å². The maximum atomic E-state index is 3.45. The predicted molar refractivity (Wildman–Crippen MR) is 82.7 cm³/mol. The molecule has 98 valence electrons. The fourth-order valence-corrected chi connectivity index (χ4v) is 2.72. The Morgan fingerprint density at radius 2 is 1.79 bits per heavy atom. The van der Waals surface area contributed by atoms with Gasteiger partial charge in [0.15, 0.2) is 0 Å². The number of unbranched alkanes of at least 4 members (excludes halogenated alkanes) is 1. The van der Waals surface area contributed by atoms with Gasteiger partial charge in [0, 0.05) is 12.2 Å². The van der Waals surface area contributed by atoms with E-state index in [4.69, 9.17) is 0 Å². The Hall–Kier alpha value is -1.76. The minimum atomic E-state index is 1.08. The van der Waals surface area contributed by atoms with Crippen LogP contribution in [0.4, 0.5) is 5.69 Å². The number of hydrogen-bond donors (Lipinski definition) is 1. The molecule has 0 unspecified atom stereocenters. The first kappa shape index (κ1) is 12.3. The molecule has 2 aromatic rings. The number of nitrogens with one attached hydrogen (secondary N) is 1. The van der Waals surface area contributed by atoms with Crippen LogP contribution in [0.5, 0.6) is 0 Å². The zero-order chi connectivity index (χ0) is 13.1. The lowest BCUT2D eigenvalue weighted by Crippen LogP contribution is -1.91. The summed E-state index contributed by atoms with van der Waals surface area (Å²) in [5.74, 6) is 0. The molecule has 0 amide bonds. The highest BCUT2D eigenvalue weighted by Crippen LogP contribution is 2.29. The van der Waals surface area contributed by atoms with Crippen molar-refractivity contribution >= 4 is 5.69 Å². The standard InChI is InChI=1S/C18H21N/c1-2-3-4-14-5-7-15(8-6-14)17-10-9-16-11-12-19-18(16)13-17/h5-10,13,19H,2-4,11-12H2,1H3. The summed E-state index contributed by atoms with van der Waals surface area (Å²) in [6, 6.07) is 15.8. The first-order chi connectivity index (χ1) is 9.36. The van der Waals surface area contributed by atoms with E-state index in [0.29, 0.717) is 0 Å². The minimum absolute atomic E-state index is 1.08. The van der Waals surface area contributed by atoms with Crippen LogP contribution in [0.2, 0.25) is 0 Å². The van der Waals surface area contributed by atoms with Gasteiger partial charge in [-0.3, -0.25) is 0 Å². The summed E-state index contributed by atoms with van der Waals surface area (Å²) in [6.45, 7) is 3.32. The predicted octanol–water partition coefficient (Wildman–Crippen LogP) is 4.66. The molecule has 0 fully saturated rings. The monoisotopic (exact) mass is 251 g/mol. The molecule has 1 heterocycles. The van der Waals surface area contributed by atoms with E-state index in [-0.39, 0.29) is 0 Å². The smallest absolute Gasteiger partial charge is 0.0379 e. The number of aryl methyl sites for hydroxylation is 1. The van der Waals surface area contributed by atoms with Crippen molar-refractivity contribution < 1.29 is 0 Å². The highest BCUT2D eigenvalue weighted by molar-refractivity contribution is 5.71. The summed E-state index contributed by atoms with van der Waals surface area (Å²) < 4.78 is 0. The van der Waals surface area contributed by atoms with Gasteiger partial charge in [0.1, 0.15) is 0 Å². The highest BCUT2D eigenvalue weighted by Gasteiger charge is 2.10. The maximum absolute atomic E-state index is 3.45. The molecule has 0 bridgehead atoms. The molecule has 1 heteroatoms. The van der Waals surface area contributed by atoms with Crippen molar-refractivity contribution in [2.75, 3.05) is 11.9 Å². The van der Waals surface area contributed by atoms with Crippen LogP contribution in [0.1, 0.15) is 30.9 Å². The van der Waals surface area contributed by atoms with Crippen LogP contribution in [0.25, 0.3) is 11.1 Å². The van der Waals surface area contributed by atoms with Gasteiger partial charge >= 0.3 is 0 Å². The molecule has 1 aliphatic heterocycles. The SMILES string of the molecule is CCCCc1ccc(-c2ccc3c(c2)NCC3)cc1. The first-order valence-corrected chi connectivity index (χ1v) is 7.33. The molecular weight excluding hydrogens is 230 g/mol. The molecule has 0 radical (unpaired) electrons. The van der Waals surface area contributed by atoms with E-state index in [9.17, 15) is 0 Å². The molecule has 1 nitrogen and oxygen atoms in total. The number of benzene rings is 2. The molecule has 0 saturated carbocycles. The highest BCUT2D eigenvalue weighted by atomic mass is 14.9. The average Bonchev–Trinajstić information content (AvgIpc) is 2.93. The van der Waals surface area contributed by atoms with Crippen LogP contribution in [0, 0.1) is 0 Å². The minimum Gasteiger partial charge on any atom is -0.384 e. The van der Waals surface area contributed by atoms with Crippen LogP contribution in [0.15, 0.2) is 42.5 Å². The molecule has 0 aromatic heterocycles. The summed E-state index contributed by atoms with van der Waals surface area (Å²) in [7, 11) is 0. The van der Waals surface area contributed by atoms with Gasteiger partial charge in [0.25, 0.3) is 0 Å². The lowest BCUT2D eigenvalue weighted by atomic mass is 10.00. The quantitative estimate of drug-likeness (QED) is 0.833.